The van der Waals surface area contributed by atoms with E-state index in [1.165, 1.54) is 5.56 Å². The Balaban J connectivity index is 2.19. The van der Waals surface area contributed by atoms with Gasteiger partial charge in [-0.1, -0.05) is 0 Å². The molecule has 2 N–H and O–H groups in total. The van der Waals surface area contributed by atoms with Gasteiger partial charge in [0.15, 0.2) is 5.76 Å². The number of fused-ring (bicyclic) bond motifs is 1. The SMILES string of the molecule is CNC(C)CNC(=O)c1cc2cc(C)c(C)cc2o1. The highest BCUT2D eigenvalue weighted by molar-refractivity contribution is 5.96. The van der Waals surface area contributed by atoms with Gasteiger partial charge < -0.3 is 15.1 Å². The number of benzene rings is 1. The van der Waals surface area contributed by atoms with Crippen LogP contribution in [0.5, 0.6) is 0 Å². The van der Waals surface area contributed by atoms with Gasteiger partial charge in [-0.15, -0.1) is 0 Å². The van der Waals surface area contributed by atoms with Gasteiger partial charge in [0, 0.05) is 18.0 Å². The minimum absolute atomic E-state index is 0.173. The van der Waals surface area contributed by atoms with E-state index in [-0.39, 0.29) is 11.9 Å². The van der Waals surface area contributed by atoms with Gasteiger partial charge in [0.05, 0.1) is 0 Å². The normalized spacial score (nSPS) is 12.6. The molecule has 0 saturated carbocycles. The first-order valence-corrected chi connectivity index (χ1v) is 6.47. The number of likely N-dealkylation sites (N-methyl/N-ethyl adjacent to an activating group) is 1. The number of carbonyl (C=O) groups excluding carboxylic acids is 1. The lowest BCUT2D eigenvalue weighted by Crippen LogP contribution is -2.36. The Kier molecular flexibility index (Phi) is 3.90. The van der Waals surface area contributed by atoms with Gasteiger partial charge >= 0.3 is 0 Å². The quantitative estimate of drug-likeness (QED) is 0.887. The number of furan rings is 1. The number of nitrogens with one attached hydrogen (secondary N) is 2. The van der Waals surface area contributed by atoms with Crippen molar-refractivity contribution in [2.45, 2.75) is 26.8 Å². The lowest BCUT2D eigenvalue weighted by Gasteiger charge is -2.09. The van der Waals surface area contributed by atoms with Crippen molar-refractivity contribution < 1.29 is 9.21 Å². The van der Waals surface area contributed by atoms with Crippen molar-refractivity contribution >= 4 is 16.9 Å². The number of rotatable bonds is 4. The Morgan fingerprint density at radius 3 is 2.63 bits per heavy atom. The predicted molar refractivity (Wildman–Crippen MR) is 76.5 cm³/mol. The topological polar surface area (TPSA) is 54.3 Å². The maximum absolute atomic E-state index is 12.0. The number of aryl methyl sites for hydroxylation is 2. The van der Waals surface area contributed by atoms with Crippen LogP contribution in [0.25, 0.3) is 11.0 Å². The van der Waals surface area contributed by atoms with Gasteiger partial charge in [-0.2, -0.15) is 0 Å². The van der Waals surface area contributed by atoms with Crippen LogP contribution in [-0.2, 0) is 0 Å². The van der Waals surface area contributed by atoms with Crippen LogP contribution in [0, 0.1) is 13.8 Å². The van der Waals surface area contributed by atoms with Gasteiger partial charge in [-0.25, -0.2) is 0 Å². The van der Waals surface area contributed by atoms with Crippen LogP contribution in [-0.4, -0.2) is 25.5 Å². The molecule has 1 aromatic heterocycles. The van der Waals surface area contributed by atoms with Crippen LogP contribution < -0.4 is 10.6 Å². The summed E-state index contributed by atoms with van der Waals surface area (Å²) in [6, 6.07) is 6.04. The standard InChI is InChI=1S/C15H20N2O2/c1-9-5-12-7-14(19-13(12)6-10(9)2)15(18)17-8-11(3)16-4/h5-7,11,16H,8H2,1-4H3,(H,17,18). The van der Waals surface area contributed by atoms with Crippen molar-refractivity contribution in [2.24, 2.45) is 0 Å². The van der Waals surface area contributed by atoms with E-state index >= 15 is 0 Å². The fraction of sp³-hybridized carbons (Fsp3) is 0.400. The third kappa shape index (κ3) is 2.96. The van der Waals surface area contributed by atoms with Crippen molar-refractivity contribution in [1.29, 1.82) is 0 Å². The largest absolute Gasteiger partial charge is 0.451 e. The molecule has 1 heterocycles. The summed E-state index contributed by atoms with van der Waals surface area (Å²) in [6.45, 7) is 6.66. The Morgan fingerprint density at radius 2 is 1.95 bits per heavy atom. The van der Waals surface area contributed by atoms with Crippen LogP contribution in [0.1, 0.15) is 28.6 Å². The third-order valence-electron chi connectivity index (χ3n) is 3.42. The lowest BCUT2D eigenvalue weighted by atomic mass is 10.1. The Bertz CT molecular complexity index is 562. The lowest BCUT2D eigenvalue weighted by molar-refractivity contribution is 0.0925. The Hall–Kier alpha value is -1.81. The monoisotopic (exact) mass is 260 g/mol. The van der Waals surface area contributed by atoms with E-state index in [4.69, 9.17) is 4.42 Å². The molecule has 0 radical (unpaired) electrons. The summed E-state index contributed by atoms with van der Waals surface area (Å²) in [6.07, 6.45) is 0. The molecule has 0 aliphatic rings. The minimum atomic E-state index is -0.173. The highest BCUT2D eigenvalue weighted by atomic mass is 16.3. The van der Waals surface area contributed by atoms with Gasteiger partial charge in [-0.3, -0.25) is 4.79 Å². The van der Waals surface area contributed by atoms with Gasteiger partial charge in [0.25, 0.3) is 5.91 Å². The van der Waals surface area contributed by atoms with E-state index in [0.29, 0.717) is 12.3 Å². The van der Waals surface area contributed by atoms with Crippen LogP contribution in [0.3, 0.4) is 0 Å². The number of hydrogen-bond donors (Lipinski definition) is 2. The molecule has 1 unspecified atom stereocenters. The predicted octanol–water partition coefficient (Wildman–Crippen LogP) is 2.39. The molecule has 0 bridgehead atoms. The van der Waals surface area contributed by atoms with E-state index < -0.39 is 0 Å². The van der Waals surface area contributed by atoms with Gasteiger partial charge in [0.2, 0.25) is 0 Å². The third-order valence-corrected chi connectivity index (χ3v) is 3.42. The van der Waals surface area contributed by atoms with E-state index in [2.05, 4.69) is 17.6 Å². The van der Waals surface area contributed by atoms with Gasteiger partial charge in [-0.05, 0) is 57.1 Å². The maximum atomic E-state index is 12.0. The second-order valence-corrected chi connectivity index (χ2v) is 4.98. The molecular formula is C15H20N2O2. The molecule has 0 fully saturated rings. The fourth-order valence-electron chi connectivity index (χ4n) is 1.85. The molecule has 102 valence electrons. The molecule has 0 aliphatic heterocycles. The van der Waals surface area contributed by atoms with Crippen molar-refractivity contribution in [3.8, 4) is 0 Å². The summed E-state index contributed by atoms with van der Waals surface area (Å²) in [4.78, 5) is 12.0. The summed E-state index contributed by atoms with van der Waals surface area (Å²) in [5.41, 5.74) is 3.12. The molecule has 1 aromatic carbocycles. The molecule has 1 amide bonds. The highest BCUT2D eigenvalue weighted by Gasteiger charge is 2.13. The second kappa shape index (κ2) is 5.45. The van der Waals surface area contributed by atoms with Crippen molar-refractivity contribution in [3.63, 3.8) is 0 Å². The van der Waals surface area contributed by atoms with E-state index in [1.807, 2.05) is 33.0 Å². The second-order valence-electron chi connectivity index (χ2n) is 4.98. The highest BCUT2D eigenvalue weighted by Crippen LogP contribution is 2.23. The van der Waals surface area contributed by atoms with Gasteiger partial charge in [0.1, 0.15) is 5.58 Å². The van der Waals surface area contributed by atoms with E-state index in [9.17, 15) is 4.79 Å². The van der Waals surface area contributed by atoms with E-state index in [0.717, 1.165) is 16.5 Å². The summed E-state index contributed by atoms with van der Waals surface area (Å²) in [7, 11) is 1.86. The molecular weight excluding hydrogens is 240 g/mol. The van der Waals surface area contributed by atoms with Crippen molar-refractivity contribution in [1.82, 2.24) is 10.6 Å². The average molecular weight is 260 g/mol. The minimum Gasteiger partial charge on any atom is -0.451 e. The number of amides is 1. The zero-order valence-corrected chi connectivity index (χ0v) is 11.8. The first-order chi connectivity index (χ1) is 9.01. The Labute approximate surface area is 113 Å². The maximum Gasteiger partial charge on any atom is 0.287 e. The molecule has 0 spiro atoms. The van der Waals surface area contributed by atoms with Crippen molar-refractivity contribution in [2.75, 3.05) is 13.6 Å². The van der Waals surface area contributed by atoms with Crippen LogP contribution in [0.4, 0.5) is 0 Å². The molecule has 0 aliphatic carbocycles. The summed E-state index contributed by atoms with van der Waals surface area (Å²) >= 11 is 0. The van der Waals surface area contributed by atoms with Crippen LogP contribution >= 0.6 is 0 Å². The molecule has 4 nitrogen and oxygen atoms in total. The first-order valence-electron chi connectivity index (χ1n) is 6.47. The average Bonchev–Trinajstić information content (AvgIpc) is 2.79. The molecule has 4 heteroatoms. The number of carbonyl (C=O) groups is 1. The van der Waals surface area contributed by atoms with Crippen LogP contribution in [0.2, 0.25) is 0 Å². The molecule has 0 saturated heterocycles. The van der Waals surface area contributed by atoms with E-state index in [1.54, 1.807) is 6.07 Å². The molecule has 2 rings (SSSR count). The zero-order valence-electron chi connectivity index (χ0n) is 11.8. The molecule has 19 heavy (non-hydrogen) atoms. The first kappa shape index (κ1) is 13.6. The molecule has 2 aromatic rings. The summed E-state index contributed by atoms with van der Waals surface area (Å²) in [5, 5.41) is 6.88. The smallest absolute Gasteiger partial charge is 0.287 e. The fourth-order valence-corrected chi connectivity index (χ4v) is 1.85. The number of hydrogen-bond acceptors (Lipinski definition) is 3. The Morgan fingerprint density at radius 1 is 1.26 bits per heavy atom. The summed E-state index contributed by atoms with van der Waals surface area (Å²) in [5.74, 6) is 0.192. The van der Waals surface area contributed by atoms with Crippen LogP contribution in [0.15, 0.2) is 22.6 Å². The van der Waals surface area contributed by atoms with Crippen molar-refractivity contribution in [3.05, 3.63) is 35.1 Å². The zero-order chi connectivity index (χ0) is 14.0. The summed E-state index contributed by atoms with van der Waals surface area (Å²) < 4.78 is 5.60. The molecule has 1 atom stereocenters.